The molecule has 3 aromatic heterocycles. The first-order chi connectivity index (χ1) is 12.1. The summed E-state index contributed by atoms with van der Waals surface area (Å²) >= 11 is 1.57. The molecule has 0 aromatic carbocycles. The number of hydrogen-bond acceptors (Lipinski definition) is 7. The zero-order chi connectivity index (χ0) is 17.4. The van der Waals surface area contributed by atoms with Gasteiger partial charge in [-0.3, -0.25) is 19.3 Å². The van der Waals surface area contributed by atoms with E-state index in [4.69, 9.17) is 4.74 Å². The molecule has 25 heavy (non-hydrogen) atoms. The van der Waals surface area contributed by atoms with Crippen LogP contribution in [0.5, 0.6) is 0 Å². The van der Waals surface area contributed by atoms with Crippen molar-refractivity contribution in [2.24, 2.45) is 0 Å². The number of thiophene rings is 1. The van der Waals surface area contributed by atoms with Crippen molar-refractivity contribution in [2.75, 3.05) is 24.6 Å². The molecule has 8 nitrogen and oxygen atoms in total. The maximum atomic E-state index is 12.6. The van der Waals surface area contributed by atoms with Gasteiger partial charge in [-0.05, 0) is 23.6 Å². The van der Waals surface area contributed by atoms with Crippen LogP contribution in [-0.4, -0.2) is 34.0 Å². The van der Waals surface area contributed by atoms with E-state index in [-0.39, 0.29) is 11.9 Å². The summed E-state index contributed by atoms with van der Waals surface area (Å²) in [5.41, 5.74) is -0.799. The minimum Gasteiger partial charge on any atom is -0.369 e. The van der Waals surface area contributed by atoms with Crippen molar-refractivity contribution in [3.05, 3.63) is 67.3 Å². The number of morpholine rings is 1. The highest BCUT2D eigenvalue weighted by Crippen LogP contribution is 2.31. The van der Waals surface area contributed by atoms with Gasteiger partial charge in [-0.15, -0.1) is 11.3 Å². The second-order valence-corrected chi connectivity index (χ2v) is 6.58. The topological polar surface area (TPSA) is 90.0 Å². The van der Waals surface area contributed by atoms with Crippen molar-refractivity contribution in [1.29, 1.82) is 0 Å². The Bertz CT molecular complexity index is 985. The molecule has 0 amide bonds. The molecule has 0 N–H and O–H groups in total. The highest BCUT2D eigenvalue weighted by molar-refractivity contribution is 7.10. The third-order valence-corrected chi connectivity index (χ3v) is 5.07. The zero-order valence-corrected chi connectivity index (χ0v) is 13.9. The number of ether oxygens (including phenoxy) is 1. The summed E-state index contributed by atoms with van der Waals surface area (Å²) in [4.78, 5) is 30.7. The number of nitro groups is 1. The molecule has 4 rings (SSSR count). The lowest BCUT2D eigenvalue weighted by atomic mass is 10.2. The van der Waals surface area contributed by atoms with Gasteiger partial charge in [-0.1, -0.05) is 12.1 Å². The maximum Gasteiger partial charge on any atom is 0.376 e. The van der Waals surface area contributed by atoms with E-state index in [1.165, 1.54) is 10.6 Å². The number of pyridine rings is 1. The normalized spacial score (nSPS) is 17.8. The Morgan fingerprint density at radius 3 is 2.96 bits per heavy atom. The van der Waals surface area contributed by atoms with Crippen LogP contribution in [0.15, 0.2) is 46.7 Å². The Labute approximate surface area is 146 Å². The van der Waals surface area contributed by atoms with Crippen molar-refractivity contribution in [1.82, 2.24) is 9.38 Å². The molecule has 1 saturated heterocycles. The van der Waals surface area contributed by atoms with E-state index < -0.39 is 16.2 Å². The fraction of sp³-hybridized carbons (Fsp3) is 0.250. The fourth-order valence-electron chi connectivity index (χ4n) is 2.94. The predicted octanol–water partition coefficient (Wildman–Crippen LogP) is 2.24. The van der Waals surface area contributed by atoms with Crippen LogP contribution in [0.4, 0.5) is 11.5 Å². The van der Waals surface area contributed by atoms with Gasteiger partial charge in [0.1, 0.15) is 11.8 Å². The number of aromatic nitrogens is 2. The van der Waals surface area contributed by atoms with Crippen LogP contribution in [0.25, 0.3) is 5.65 Å². The lowest BCUT2D eigenvalue weighted by molar-refractivity contribution is -0.385. The van der Waals surface area contributed by atoms with Gasteiger partial charge in [0.15, 0.2) is 0 Å². The van der Waals surface area contributed by atoms with Crippen LogP contribution in [0, 0.1) is 10.1 Å². The minimum absolute atomic E-state index is 0.103. The van der Waals surface area contributed by atoms with Crippen molar-refractivity contribution >= 4 is 28.5 Å². The van der Waals surface area contributed by atoms with Crippen molar-refractivity contribution in [3.8, 4) is 0 Å². The maximum absolute atomic E-state index is 12.6. The molecule has 1 aliphatic rings. The molecule has 9 heteroatoms. The molecule has 0 radical (unpaired) electrons. The smallest absolute Gasteiger partial charge is 0.369 e. The first-order valence-corrected chi connectivity index (χ1v) is 8.59. The monoisotopic (exact) mass is 358 g/mol. The van der Waals surface area contributed by atoms with E-state index in [9.17, 15) is 14.9 Å². The fourth-order valence-corrected chi connectivity index (χ4v) is 3.70. The molecule has 4 heterocycles. The highest BCUT2D eigenvalue weighted by Gasteiger charge is 2.31. The molecule has 1 unspecified atom stereocenters. The van der Waals surface area contributed by atoms with E-state index in [2.05, 4.69) is 4.98 Å². The number of anilines is 1. The van der Waals surface area contributed by atoms with Gasteiger partial charge >= 0.3 is 11.2 Å². The Balaban J connectivity index is 1.81. The quantitative estimate of drug-likeness (QED) is 0.527. The molecule has 1 atom stereocenters. The Morgan fingerprint density at radius 2 is 2.20 bits per heavy atom. The molecule has 0 saturated carbocycles. The first-order valence-electron chi connectivity index (χ1n) is 7.71. The third-order valence-electron chi connectivity index (χ3n) is 4.10. The summed E-state index contributed by atoms with van der Waals surface area (Å²) in [6.07, 6.45) is 1.29. The van der Waals surface area contributed by atoms with Crippen molar-refractivity contribution < 1.29 is 9.66 Å². The third kappa shape index (κ3) is 2.77. The molecule has 1 fully saturated rings. The molecule has 3 aromatic rings. The SMILES string of the molecule is O=c1c([N+](=O)[O-])c(N2CCOC(c3cccs3)C2)nc2ccccn12. The van der Waals surface area contributed by atoms with Gasteiger partial charge < -0.3 is 9.64 Å². The molecule has 128 valence electrons. The summed E-state index contributed by atoms with van der Waals surface area (Å²) < 4.78 is 6.97. The van der Waals surface area contributed by atoms with E-state index >= 15 is 0 Å². The van der Waals surface area contributed by atoms with Crippen LogP contribution in [-0.2, 0) is 4.74 Å². The van der Waals surface area contributed by atoms with Gasteiger partial charge in [-0.2, -0.15) is 0 Å². The molecule has 0 bridgehead atoms. The molecule has 0 spiro atoms. The molecular weight excluding hydrogens is 344 g/mol. The van der Waals surface area contributed by atoms with Gasteiger partial charge in [-0.25, -0.2) is 4.98 Å². The highest BCUT2D eigenvalue weighted by atomic mass is 32.1. The number of rotatable bonds is 3. The predicted molar refractivity (Wildman–Crippen MR) is 93.3 cm³/mol. The largest absolute Gasteiger partial charge is 0.376 e. The molecular formula is C16H14N4O4S. The Morgan fingerprint density at radius 1 is 1.32 bits per heavy atom. The van der Waals surface area contributed by atoms with Crippen molar-refractivity contribution in [3.63, 3.8) is 0 Å². The van der Waals surface area contributed by atoms with Crippen LogP contribution >= 0.6 is 11.3 Å². The van der Waals surface area contributed by atoms with Crippen LogP contribution < -0.4 is 10.5 Å². The van der Waals surface area contributed by atoms with E-state index in [0.717, 1.165) is 4.88 Å². The summed E-state index contributed by atoms with van der Waals surface area (Å²) in [7, 11) is 0. The van der Waals surface area contributed by atoms with E-state index in [0.29, 0.717) is 25.3 Å². The summed E-state index contributed by atoms with van der Waals surface area (Å²) in [5, 5.41) is 13.5. The standard InChI is InChI=1S/C16H14N4O4S/c21-16-14(20(22)23)15(17-13-5-1-2-6-19(13)16)18-7-8-24-11(10-18)12-4-3-9-25-12/h1-6,9,11H,7-8,10H2. The first kappa shape index (κ1) is 15.7. The zero-order valence-electron chi connectivity index (χ0n) is 13.1. The summed E-state index contributed by atoms with van der Waals surface area (Å²) in [6, 6.07) is 8.94. The summed E-state index contributed by atoms with van der Waals surface area (Å²) in [6.45, 7) is 1.27. The average molecular weight is 358 g/mol. The Hall–Kier alpha value is -2.78. The second kappa shape index (κ2) is 6.26. The number of hydrogen-bond donors (Lipinski definition) is 0. The lowest BCUT2D eigenvalue weighted by Crippen LogP contribution is -2.40. The Kier molecular flexibility index (Phi) is 3.94. The number of nitrogens with zero attached hydrogens (tertiary/aromatic N) is 4. The van der Waals surface area contributed by atoms with Crippen LogP contribution in [0.3, 0.4) is 0 Å². The van der Waals surface area contributed by atoms with Crippen LogP contribution in [0.1, 0.15) is 11.0 Å². The molecule has 0 aliphatic carbocycles. The van der Waals surface area contributed by atoms with Gasteiger partial charge in [0.25, 0.3) is 0 Å². The number of fused-ring (bicyclic) bond motifs is 1. The van der Waals surface area contributed by atoms with Crippen LogP contribution in [0.2, 0.25) is 0 Å². The van der Waals surface area contributed by atoms with Gasteiger partial charge in [0.05, 0.1) is 18.1 Å². The van der Waals surface area contributed by atoms with Gasteiger partial charge in [0, 0.05) is 17.6 Å². The minimum atomic E-state index is -0.676. The summed E-state index contributed by atoms with van der Waals surface area (Å²) in [5.74, 6) is 0.103. The second-order valence-electron chi connectivity index (χ2n) is 5.60. The average Bonchev–Trinajstić information content (AvgIpc) is 3.16. The van der Waals surface area contributed by atoms with E-state index in [1.807, 2.05) is 17.5 Å². The molecule has 1 aliphatic heterocycles. The lowest BCUT2D eigenvalue weighted by Gasteiger charge is -2.32. The van der Waals surface area contributed by atoms with Crippen molar-refractivity contribution in [2.45, 2.75) is 6.10 Å². The van der Waals surface area contributed by atoms with E-state index in [1.54, 1.807) is 34.4 Å². The van der Waals surface area contributed by atoms with Gasteiger partial charge in [0.2, 0.25) is 5.82 Å².